The van der Waals surface area contributed by atoms with Gasteiger partial charge in [-0.1, -0.05) is 13.3 Å². The van der Waals surface area contributed by atoms with Crippen LogP contribution in [0.25, 0.3) is 0 Å². The molecule has 3 nitrogen and oxygen atoms in total. The summed E-state index contributed by atoms with van der Waals surface area (Å²) in [7, 11) is 0. The van der Waals surface area contributed by atoms with Crippen LogP contribution in [0.4, 0.5) is 4.79 Å². The second-order valence-electron chi connectivity index (χ2n) is 6.87. The predicted molar refractivity (Wildman–Crippen MR) is 72.5 cm³/mol. The lowest BCUT2D eigenvalue weighted by Gasteiger charge is -2.48. The molecule has 2 saturated heterocycles. The Balaban J connectivity index is 2.06. The summed E-state index contributed by atoms with van der Waals surface area (Å²) in [6, 6.07) is 0.856. The maximum Gasteiger partial charge on any atom is 0.410 e. The molecule has 0 aromatic heterocycles. The minimum atomic E-state index is -0.382. The fourth-order valence-electron chi connectivity index (χ4n) is 3.44. The lowest BCUT2D eigenvalue weighted by atomic mass is 9.77. The molecule has 2 atom stereocenters. The molecule has 0 unspecified atom stereocenters. The van der Waals surface area contributed by atoms with Gasteiger partial charge in [0.15, 0.2) is 0 Å². The summed E-state index contributed by atoms with van der Waals surface area (Å²) in [6.45, 7) is 8.10. The number of carbonyl (C=O) groups excluding carboxylic acids is 1. The normalized spacial score (nSPS) is 32.2. The minimum Gasteiger partial charge on any atom is -0.444 e. The van der Waals surface area contributed by atoms with E-state index in [4.69, 9.17) is 4.74 Å². The first-order valence-electron chi connectivity index (χ1n) is 7.42. The molecule has 0 aromatic rings. The van der Waals surface area contributed by atoms with E-state index < -0.39 is 0 Å². The summed E-state index contributed by atoms with van der Waals surface area (Å²) in [4.78, 5) is 14.4. The highest BCUT2D eigenvalue weighted by molar-refractivity contribution is 5.69. The molecular formula is C15H27NO2. The first-order chi connectivity index (χ1) is 8.40. The molecule has 2 rings (SSSR count). The van der Waals surface area contributed by atoms with Gasteiger partial charge in [-0.3, -0.25) is 0 Å². The third kappa shape index (κ3) is 2.99. The minimum absolute atomic E-state index is 0.0910. The molecule has 2 heterocycles. The summed E-state index contributed by atoms with van der Waals surface area (Å²) < 4.78 is 5.57. The number of ether oxygens (including phenoxy) is 1. The zero-order valence-corrected chi connectivity index (χ0v) is 12.2. The van der Waals surface area contributed by atoms with Crippen LogP contribution in [-0.4, -0.2) is 28.7 Å². The molecule has 1 amide bonds. The van der Waals surface area contributed by atoms with E-state index in [2.05, 4.69) is 11.8 Å². The van der Waals surface area contributed by atoms with Crippen LogP contribution in [0.3, 0.4) is 0 Å². The molecule has 0 saturated carbocycles. The van der Waals surface area contributed by atoms with E-state index >= 15 is 0 Å². The van der Waals surface area contributed by atoms with Gasteiger partial charge in [-0.05, 0) is 58.8 Å². The van der Waals surface area contributed by atoms with Gasteiger partial charge in [0.2, 0.25) is 0 Å². The average Bonchev–Trinajstić information content (AvgIpc) is 2.24. The van der Waals surface area contributed by atoms with Gasteiger partial charge in [0.25, 0.3) is 0 Å². The topological polar surface area (TPSA) is 29.5 Å². The number of amides is 1. The smallest absolute Gasteiger partial charge is 0.410 e. The Kier molecular flexibility index (Phi) is 3.88. The number of rotatable bonds is 1. The molecule has 18 heavy (non-hydrogen) atoms. The number of hydrogen-bond acceptors (Lipinski definition) is 2. The van der Waals surface area contributed by atoms with E-state index in [1.54, 1.807) is 0 Å². The second-order valence-corrected chi connectivity index (χ2v) is 6.87. The standard InChI is InChI=1S/C15H27NO2/c1-5-11-9-12-7-6-8-13(10-11)16(12)14(17)18-15(2,3)4/h11-13H,5-10H2,1-4H3/t12-,13-/m0/s1. The molecule has 0 N–H and O–H groups in total. The fourth-order valence-corrected chi connectivity index (χ4v) is 3.44. The lowest BCUT2D eigenvalue weighted by molar-refractivity contribution is -0.0283. The van der Waals surface area contributed by atoms with Gasteiger partial charge in [-0.25, -0.2) is 4.79 Å². The maximum absolute atomic E-state index is 12.3. The first-order valence-corrected chi connectivity index (χ1v) is 7.42. The molecule has 2 fully saturated rings. The van der Waals surface area contributed by atoms with Crippen molar-refractivity contribution >= 4 is 6.09 Å². The SMILES string of the molecule is CCC1C[C@@H]2CCC[C@@H](C1)N2C(=O)OC(C)(C)C. The quantitative estimate of drug-likeness (QED) is 0.707. The van der Waals surface area contributed by atoms with Crippen LogP contribution in [-0.2, 0) is 4.74 Å². The van der Waals surface area contributed by atoms with E-state index in [9.17, 15) is 4.79 Å². The largest absolute Gasteiger partial charge is 0.444 e. The summed E-state index contributed by atoms with van der Waals surface area (Å²) in [5.74, 6) is 0.805. The number of hydrogen-bond donors (Lipinski definition) is 0. The molecule has 0 spiro atoms. The summed E-state index contributed by atoms with van der Waals surface area (Å²) in [6.07, 6.45) is 7.09. The highest BCUT2D eigenvalue weighted by Gasteiger charge is 2.41. The predicted octanol–water partition coefficient (Wildman–Crippen LogP) is 3.96. The summed E-state index contributed by atoms with van der Waals surface area (Å²) in [5.41, 5.74) is -0.382. The highest BCUT2D eigenvalue weighted by Crippen LogP contribution is 2.38. The van der Waals surface area contributed by atoms with Crippen molar-refractivity contribution in [3.63, 3.8) is 0 Å². The molecule has 0 aromatic carbocycles. The van der Waals surface area contributed by atoms with Crippen LogP contribution in [0.1, 0.15) is 66.2 Å². The van der Waals surface area contributed by atoms with Gasteiger partial charge >= 0.3 is 6.09 Å². The average molecular weight is 253 g/mol. The third-order valence-electron chi connectivity index (χ3n) is 4.25. The van der Waals surface area contributed by atoms with Crippen molar-refractivity contribution in [1.29, 1.82) is 0 Å². The van der Waals surface area contributed by atoms with Crippen molar-refractivity contribution in [1.82, 2.24) is 4.90 Å². The van der Waals surface area contributed by atoms with Crippen LogP contribution in [0.15, 0.2) is 0 Å². The van der Waals surface area contributed by atoms with Gasteiger partial charge < -0.3 is 9.64 Å². The second kappa shape index (κ2) is 5.10. The van der Waals surface area contributed by atoms with E-state index in [0.717, 1.165) is 18.8 Å². The number of fused-ring (bicyclic) bond motifs is 2. The Morgan fingerprint density at radius 1 is 1.22 bits per heavy atom. The first kappa shape index (κ1) is 13.7. The van der Waals surface area contributed by atoms with Crippen molar-refractivity contribution in [3.05, 3.63) is 0 Å². The fraction of sp³-hybridized carbons (Fsp3) is 0.933. The Hall–Kier alpha value is -0.730. The molecule has 2 bridgehead atoms. The van der Waals surface area contributed by atoms with Crippen LogP contribution in [0, 0.1) is 5.92 Å². The highest BCUT2D eigenvalue weighted by atomic mass is 16.6. The van der Waals surface area contributed by atoms with Crippen LogP contribution in [0.2, 0.25) is 0 Å². The lowest BCUT2D eigenvalue weighted by Crippen LogP contribution is -2.55. The van der Waals surface area contributed by atoms with E-state index in [1.807, 2.05) is 20.8 Å². The van der Waals surface area contributed by atoms with Crippen molar-refractivity contribution in [2.24, 2.45) is 5.92 Å². The van der Waals surface area contributed by atoms with Crippen molar-refractivity contribution in [2.75, 3.05) is 0 Å². The van der Waals surface area contributed by atoms with Gasteiger partial charge in [-0.15, -0.1) is 0 Å². The molecule has 3 heteroatoms. The van der Waals surface area contributed by atoms with Crippen LogP contribution in [0.5, 0.6) is 0 Å². The molecule has 0 aliphatic carbocycles. The van der Waals surface area contributed by atoms with Gasteiger partial charge in [0.05, 0.1) is 0 Å². The molecule has 104 valence electrons. The maximum atomic E-state index is 12.3. The number of carbonyl (C=O) groups is 1. The Morgan fingerprint density at radius 2 is 1.78 bits per heavy atom. The summed E-state index contributed by atoms with van der Waals surface area (Å²) in [5, 5.41) is 0. The molecular weight excluding hydrogens is 226 g/mol. The summed E-state index contributed by atoms with van der Waals surface area (Å²) >= 11 is 0. The number of piperidine rings is 2. The van der Waals surface area contributed by atoms with Gasteiger partial charge in [0, 0.05) is 12.1 Å². The Labute approximate surface area is 111 Å². The van der Waals surface area contributed by atoms with E-state index in [0.29, 0.717) is 12.1 Å². The van der Waals surface area contributed by atoms with Gasteiger partial charge in [-0.2, -0.15) is 0 Å². The van der Waals surface area contributed by atoms with Crippen LogP contribution < -0.4 is 0 Å². The van der Waals surface area contributed by atoms with Crippen molar-refractivity contribution in [2.45, 2.75) is 83.9 Å². The van der Waals surface area contributed by atoms with Gasteiger partial charge in [0.1, 0.15) is 5.60 Å². The van der Waals surface area contributed by atoms with E-state index in [-0.39, 0.29) is 11.7 Å². The van der Waals surface area contributed by atoms with E-state index in [1.165, 1.54) is 25.7 Å². The monoisotopic (exact) mass is 253 g/mol. The number of nitrogens with zero attached hydrogens (tertiary/aromatic N) is 1. The zero-order valence-electron chi connectivity index (χ0n) is 12.2. The Morgan fingerprint density at radius 3 is 2.22 bits per heavy atom. The molecule has 2 aliphatic heterocycles. The molecule has 2 aliphatic rings. The van der Waals surface area contributed by atoms with Crippen molar-refractivity contribution in [3.8, 4) is 0 Å². The Bertz CT molecular complexity index is 294. The third-order valence-corrected chi connectivity index (χ3v) is 4.25. The molecule has 0 radical (unpaired) electrons. The van der Waals surface area contributed by atoms with Crippen molar-refractivity contribution < 1.29 is 9.53 Å². The van der Waals surface area contributed by atoms with Crippen LogP contribution >= 0.6 is 0 Å². The zero-order chi connectivity index (χ0) is 13.3.